The standard InChI is InChI=1S/C24H30Cl2N6O/c25-18-4-3-17(19(26)14-18)15-29-21-5-10-28-23(30-21)31-11-6-24(7-12-31)8-13-32(16-24)22(33)20-2-1-9-27-20/h3-5,10,14,20,27H,1-2,6-9,11-13,15-16H2,(H,28,29,30). The molecule has 1 aromatic carbocycles. The number of anilines is 2. The maximum absolute atomic E-state index is 12.8. The first-order valence-electron chi connectivity index (χ1n) is 11.8. The zero-order chi connectivity index (χ0) is 22.8. The van der Waals surface area contributed by atoms with Crippen LogP contribution in [-0.2, 0) is 11.3 Å². The van der Waals surface area contributed by atoms with Crippen molar-refractivity contribution < 1.29 is 4.79 Å². The minimum atomic E-state index is 0.0339. The van der Waals surface area contributed by atoms with Gasteiger partial charge in [0.15, 0.2) is 0 Å². The van der Waals surface area contributed by atoms with Crippen molar-refractivity contribution in [3.63, 3.8) is 0 Å². The average molecular weight is 489 g/mol. The van der Waals surface area contributed by atoms with Gasteiger partial charge in [0.25, 0.3) is 0 Å². The number of carbonyl (C=O) groups is 1. The van der Waals surface area contributed by atoms with Crippen molar-refractivity contribution in [1.82, 2.24) is 20.2 Å². The minimum Gasteiger partial charge on any atom is -0.366 e. The van der Waals surface area contributed by atoms with Crippen molar-refractivity contribution >= 4 is 40.9 Å². The molecule has 0 aliphatic carbocycles. The lowest BCUT2D eigenvalue weighted by Gasteiger charge is -2.39. The summed E-state index contributed by atoms with van der Waals surface area (Å²) in [5.41, 5.74) is 1.21. The van der Waals surface area contributed by atoms with Gasteiger partial charge in [-0.05, 0) is 67.8 Å². The van der Waals surface area contributed by atoms with Crippen LogP contribution in [0, 0.1) is 5.41 Å². The molecule has 2 N–H and O–H groups in total. The number of halogens is 2. The third-order valence-corrected chi connectivity index (χ3v) is 7.92. The fourth-order valence-electron chi connectivity index (χ4n) is 5.28. The number of rotatable bonds is 5. The molecule has 1 spiro atoms. The molecule has 7 nitrogen and oxygen atoms in total. The normalized spacial score (nSPS) is 22.2. The van der Waals surface area contributed by atoms with Gasteiger partial charge in [-0.25, -0.2) is 4.98 Å². The molecule has 9 heteroatoms. The maximum Gasteiger partial charge on any atom is 0.239 e. The van der Waals surface area contributed by atoms with Crippen molar-refractivity contribution in [2.24, 2.45) is 5.41 Å². The zero-order valence-corrected chi connectivity index (χ0v) is 20.2. The topological polar surface area (TPSA) is 73.4 Å². The maximum atomic E-state index is 12.8. The van der Waals surface area contributed by atoms with Crippen LogP contribution < -0.4 is 15.5 Å². The molecule has 1 aromatic heterocycles. The lowest BCUT2D eigenvalue weighted by Crippen LogP contribution is -2.46. The molecule has 1 unspecified atom stereocenters. The fraction of sp³-hybridized carbons (Fsp3) is 0.542. The molecule has 0 saturated carbocycles. The van der Waals surface area contributed by atoms with Crippen LogP contribution in [0.3, 0.4) is 0 Å². The number of likely N-dealkylation sites (tertiary alicyclic amines) is 1. The molecule has 33 heavy (non-hydrogen) atoms. The summed E-state index contributed by atoms with van der Waals surface area (Å²) in [4.78, 5) is 26.4. The Bertz CT molecular complexity index is 1000. The largest absolute Gasteiger partial charge is 0.366 e. The third-order valence-electron chi connectivity index (χ3n) is 7.33. The SMILES string of the molecule is O=C(C1CCCN1)N1CCC2(CCN(c3nccc(NCc4ccc(Cl)cc4Cl)n3)CC2)C1. The number of nitrogens with one attached hydrogen (secondary N) is 2. The molecule has 5 rings (SSSR count). The molecule has 176 valence electrons. The Kier molecular flexibility index (Phi) is 6.63. The van der Waals surface area contributed by atoms with Gasteiger partial charge in [-0.3, -0.25) is 4.79 Å². The monoisotopic (exact) mass is 488 g/mol. The number of carbonyl (C=O) groups excluding carboxylic acids is 1. The number of hydrogen-bond donors (Lipinski definition) is 2. The summed E-state index contributed by atoms with van der Waals surface area (Å²) in [5, 5.41) is 7.95. The molecule has 3 fully saturated rings. The van der Waals surface area contributed by atoms with E-state index in [4.69, 9.17) is 28.2 Å². The summed E-state index contributed by atoms with van der Waals surface area (Å²) in [6, 6.07) is 7.41. The van der Waals surface area contributed by atoms with Crippen molar-refractivity contribution in [2.45, 2.75) is 44.7 Å². The van der Waals surface area contributed by atoms with Crippen LogP contribution in [0.15, 0.2) is 30.5 Å². The first-order chi connectivity index (χ1) is 16.0. The van der Waals surface area contributed by atoms with Crippen LogP contribution in [0.2, 0.25) is 10.0 Å². The lowest BCUT2D eigenvalue weighted by atomic mass is 9.78. The number of amides is 1. The molecular formula is C24H30Cl2N6O. The molecule has 0 bridgehead atoms. The van der Waals surface area contributed by atoms with E-state index in [9.17, 15) is 4.79 Å². The van der Waals surface area contributed by atoms with Crippen LogP contribution in [0.4, 0.5) is 11.8 Å². The van der Waals surface area contributed by atoms with E-state index >= 15 is 0 Å². The summed E-state index contributed by atoms with van der Waals surface area (Å²) in [7, 11) is 0. The molecule has 0 radical (unpaired) electrons. The number of aromatic nitrogens is 2. The van der Waals surface area contributed by atoms with Gasteiger partial charge in [-0.15, -0.1) is 0 Å². The van der Waals surface area contributed by atoms with Crippen LogP contribution >= 0.6 is 23.2 Å². The van der Waals surface area contributed by atoms with Gasteiger partial charge >= 0.3 is 0 Å². The van der Waals surface area contributed by atoms with E-state index in [1.165, 1.54) is 0 Å². The second-order valence-electron chi connectivity index (χ2n) is 9.48. The number of nitrogens with zero attached hydrogens (tertiary/aromatic N) is 4. The van der Waals surface area contributed by atoms with E-state index in [0.717, 1.165) is 82.2 Å². The van der Waals surface area contributed by atoms with Crippen molar-refractivity contribution in [3.05, 3.63) is 46.1 Å². The van der Waals surface area contributed by atoms with Gasteiger partial charge in [0.05, 0.1) is 6.04 Å². The number of benzene rings is 1. The Labute approximate surface area is 204 Å². The van der Waals surface area contributed by atoms with E-state index in [1.807, 2.05) is 18.2 Å². The molecule has 4 heterocycles. The van der Waals surface area contributed by atoms with Crippen molar-refractivity contribution in [1.29, 1.82) is 0 Å². The van der Waals surface area contributed by atoms with E-state index in [1.54, 1.807) is 12.3 Å². The molecule has 3 aliphatic rings. The van der Waals surface area contributed by atoms with E-state index in [-0.39, 0.29) is 11.5 Å². The second kappa shape index (κ2) is 9.65. The Hall–Kier alpha value is -2.09. The predicted molar refractivity (Wildman–Crippen MR) is 132 cm³/mol. The third kappa shape index (κ3) is 5.05. The lowest BCUT2D eigenvalue weighted by molar-refractivity contribution is -0.132. The predicted octanol–water partition coefficient (Wildman–Crippen LogP) is 3.97. The Morgan fingerprint density at radius 1 is 1.18 bits per heavy atom. The second-order valence-corrected chi connectivity index (χ2v) is 10.3. The van der Waals surface area contributed by atoms with Crippen LogP contribution in [0.5, 0.6) is 0 Å². The van der Waals surface area contributed by atoms with Gasteiger partial charge in [0, 0.05) is 49.0 Å². The first-order valence-corrected chi connectivity index (χ1v) is 12.5. The smallest absolute Gasteiger partial charge is 0.239 e. The van der Waals surface area contributed by atoms with Crippen LogP contribution in [0.25, 0.3) is 0 Å². The highest BCUT2D eigenvalue weighted by Gasteiger charge is 2.43. The summed E-state index contributed by atoms with van der Waals surface area (Å²) in [6.45, 7) is 5.13. The molecular weight excluding hydrogens is 459 g/mol. The van der Waals surface area contributed by atoms with Crippen LogP contribution in [-0.4, -0.2) is 59.5 Å². The quantitative estimate of drug-likeness (QED) is 0.663. The van der Waals surface area contributed by atoms with Gasteiger partial charge in [0.1, 0.15) is 5.82 Å². The zero-order valence-electron chi connectivity index (χ0n) is 18.7. The van der Waals surface area contributed by atoms with Gasteiger partial charge in [0.2, 0.25) is 11.9 Å². The summed E-state index contributed by atoms with van der Waals surface area (Å²) >= 11 is 12.3. The van der Waals surface area contributed by atoms with E-state index < -0.39 is 0 Å². The Balaban J connectivity index is 1.16. The number of hydrogen-bond acceptors (Lipinski definition) is 6. The molecule has 3 aliphatic heterocycles. The highest BCUT2D eigenvalue weighted by molar-refractivity contribution is 6.35. The minimum absolute atomic E-state index is 0.0339. The van der Waals surface area contributed by atoms with Crippen molar-refractivity contribution in [2.75, 3.05) is 42.9 Å². The Morgan fingerprint density at radius 3 is 2.76 bits per heavy atom. The summed E-state index contributed by atoms with van der Waals surface area (Å²) < 4.78 is 0. The molecule has 1 atom stereocenters. The first kappa shape index (κ1) is 22.7. The molecule has 1 amide bonds. The summed E-state index contributed by atoms with van der Waals surface area (Å²) in [5.74, 6) is 1.82. The van der Waals surface area contributed by atoms with Gasteiger partial charge < -0.3 is 20.4 Å². The molecule has 2 aromatic rings. The molecule has 3 saturated heterocycles. The van der Waals surface area contributed by atoms with E-state index in [2.05, 4.69) is 25.4 Å². The van der Waals surface area contributed by atoms with E-state index in [0.29, 0.717) is 22.5 Å². The highest BCUT2D eigenvalue weighted by Crippen LogP contribution is 2.41. The average Bonchev–Trinajstić information content (AvgIpc) is 3.50. The number of piperidine rings is 1. The van der Waals surface area contributed by atoms with Crippen molar-refractivity contribution in [3.8, 4) is 0 Å². The highest BCUT2D eigenvalue weighted by atomic mass is 35.5. The van der Waals surface area contributed by atoms with Gasteiger partial charge in [-0.2, -0.15) is 4.98 Å². The fourth-order valence-corrected chi connectivity index (χ4v) is 5.75. The summed E-state index contributed by atoms with van der Waals surface area (Å²) in [6.07, 6.45) is 7.10. The van der Waals surface area contributed by atoms with Crippen LogP contribution in [0.1, 0.15) is 37.7 Å². The van der Waals surface area contributed by atoms with Gasteiger partial charge in [-0.1, -0.05) is 29.3 Å². The Morgan fingerprint density at radius 2 is 2.00 bits per heavy atom.